The number of aliphatic carboxylic acids is 1. The fraction of sp³-hybridized carbons (Fsp3) is 0.261. The van der Waals surface area contributed by atoms with Gasteiger partial charge in [0.25, 0.3) is 0 Å². The number of nitrogens with zero attached hydrogens (tertiary/aromatic N) is 5. The highest BCUT2D eigenvalue weighted by Gasteiger charge is 2.30. The summed E-state index contributed by atoms with van der Waals surface area (Å²) in [6.07, 6.45) is 9.19. The van der Waals surface area contributed by atoms with Crippen LogP contribution in [0.25, 0.3) is 11.3 Å². The molecule has 1 aliphatic heterocycles. The molecule has 3 aromatic rings. The van der Waals surface area contributed by atoms with Crippen LogP contribution >= 0.6 is 11.3 Å². The van der Waals surface area contributed by atoms with Gasteiger partial charge in [0.2, 0.25) is 0 Å². The zero-order chi connectivity index (χ0) is 23.4. The summed E-state index contributed by atoms with van der Waals surface area (Å²) in [6.45, 7) is 1.99. The number of nitrogens with one attached hydrogen (secondary N) is 1. The van der Waals surface area contributed by atoms with Crippen LogP contribution in [-0.2, 0) is 4.79 Å². The van der Waals surface area contributed by atoms with Crippen molar-refractivity contribution in [3.05, 3.63) is 52.6 Å². The van der Waals surface area contributed by atoms with Crippen molar-refractivity contribution in [2.24, 2.45) is 0 Å². The minimum atomic E-state index is -1.28. The van der Waals surface area contributed by atoms with Crippen LogP contribution in [0, 0.1) is 12.3 Å². The number of urea groups is 1. The molecule has 1 aliphatic rings. The molecule has 4 rings (SSSR count). The van der Waals surface area contributed by atoms with Crippen molar-refractivity contribution < 1.29 is 14.7 Å². The number of carboxylic acid groups (broad SMARTS) is 1. The van der Waals surface area contributed by atoms with Crippen molar-refractivity contribution in [3.8, 4) is 23.6 Å². The van der Waals surface area contributed by atoms with E-state index in [0.717, 1.165) is 47.9 Å². The van der Waals surface area contributed by atoms with Crippen molar-refractivity contribution in [1.82, 2.24) is 19.9 Å². The average Bonchev–Trinajstić information content (AvgIpc) is 3.52. The summed E-state index contributed by atoms with van der Waals surface area (Å²) in [5.74, 6) is 2.37. The summed E-state index contributed by atoms with van der Waals surface area (Å²) in [5.41, 5.74) is 1.74. The Morgan fingerprint density at radius 1 is 1.24 bits per heavy atom. The Bertz CT molecular complexity index is 1200. The molecule has 2 amide bonds. The van der Waals surface area contributed by atoms with Gasteiger partial charge in [-0.3, -0.25) is 10.3 Å². The topological polar surface area (TPSA) is 112 Å². The Hall–Kier alpha value is -3.97. The lowest BCUT2D eigenvalue weighted by Gasteiger charge is -2.24. The molecule has 1 fully saturated rings. The smallest absolute Gasteiger partial charge is 0.332 e. The van der Waals surface area contributed by atoms with E-state index >= 15 is 0 Å². The quantitative estimate of drug-likeness (QED) is 0.540. The number of aromatic nitrogens is 3. The largest absolute Gasteiger partial charge is 0.479 e. The fourth-order valence-electron chi connectivity index (χ4n) is 3.63. The fourth-order valence-corrected chi connectivity index (χ4v) is 4.18. The number of amides is 2. The molecule has 3 aromatic heterocycles. The van der Waals surface area contributed by atoms with Crippen LogP contribution in [0.3, 0.4) is 0 Å². The lowest BCUT2D eigenvalue weighted by molar-refractivity contribution is -0.142. The van der Waals surface area contributed by atoms with E-state index < -0.39 is 18.0 Å². The number of hydrogen-bond donors (Lipinski definition) is 2. The van der Waals surface area contributed by atoms with Crippen LogP contribution in [0.15, 0.2) is 41.9 Å². The van der Waals surface area contributed by atoms with Crippen LogP contribution in [0.1, 0.15) is 29.6 Å². The molecule has 0 spiro atoms. The van der Waals surface area contributed by atoms with Gasteiger partial charge in [0.15, 0.2) is 11.0 Å². The first kappa shape index (κ1) is 22.2. The standard InChI is InChI=1S/C23H22N6O3S/c1-3-20-26-18(14-33-20)27-23(32)28(2)21(22(30)31)17-10-9-15(13-24-17)16-7-6-8-19(25-16)29-11-4-5-12-29/h1,6-10,13-14,21H,4-5,11-12H2,2H3,(H,27,32)(H,30,31). The molecule has 9 nitrogen and oxygen atoms in total. The van der Waals surface area contributed by atoms with E-state index in [1.807, 2.05) is 18.2 Å². The van der Waals surface area contributed by atoms with Crippen molar-refractivity contribution in [1.29, 1.82) is 0 Å². The summed E-state index contributed by atoms with van der Waals surface area (Å²) in [7, 11) is 1.39. The number of hydrogen-bond acceptors (Lipinski definition) is 7. The zero-order valence-electron chi connectivity index (χ0n) is 17.9. The monoisotopic (exact) mass is 462 g/mol. The molecular weight excluding hydrogens is 440 g/mol. The predicted octanol–water partition coefficient (Wildman–Crippen LogP) is 3.47. The van der Waals surface area contributed by atoms with Crippen LogP contribution in [-0.4, -0.2) is 57.1 Å². The molecule has 168 valence electrons. The molecule has 0 saturated carbocycles. The van der Waals surface area contributed by atoms with Gasteiger partial charge < -0.3 is 14.9 Å². The highest BCUT2D eigenvalue weighted by molar-refractivity contribution is 7.10. The van der Waals surface area contributed by atoms with E-state index in [-0.39, 0.29) is 11.5 Å². The third-order valence-electron chi connectivity index (χ3n) is 5.33. The second kappa shape index (κ2) is 9.67. The molecule has 33 heavy (non-hydrogen) atoms. The maximum Gasteiger partial charge on any atom is 0.332 e. The number of anilines is 2. The van der Waals surface area contributed by atoms with E-state index in [4.69, 9.17) is 11.4 Å². The number of pyridine rings is 2. The molecule has 1 atom stereocenters. The van der Waals surface area contributed by atoms with E-state index in [9.17, 15) is 14.7 Å². The normalized spacial score (nSPS) is 13.9. The molecule has 10 heteroatoms. The summed E-state index contributed by atoms with van der Waals surface area (Å²) < 4.78 is 0. The van der Waals surface area contributed by atoms with Gasteiger partial charge in [0.1, 0.15) is 11.6 Å². The number of carbonyl (C=O) groups is 2. The maximum absolute atomic E-state index is 12.6. The first-order valence-corrected chi connectivity index (χ1v) is 11.2. The van der Waals surface area contributed by atoms with Gasteiger partial charge in [-0.15, -0.1) is 17.8 Å². The Kier molecular flexibility index (Phi) is 6.51. The van der Waals surface area contributed by atoms with Crippen molar-refractivity contribution in [2.75, 3.05) is 30.4 Å². The van der Waals surface area contributed by atoms with Crippen molar-refractivity contribution in [2.45, 2.75) is 18.9 Å². The minimum absolute atomic E-state index is 0.224. The number of likely N-dealkylation sites (N-methyl/N-ethyl adjacent to an activating group) is 1. The minimum Gasteiger partial charge on any atom is -0.479 e. The van der Waals surface area contributed by atoms with Crippen molar-refractivity contribution in [3.63, 3.8) is 0 Å². The summed E-state index contributed by atoms with van der Waals surface area (Å²) >= 11 is 1.20. The van der Waals surface area contributed by atoms with Gasteiger partial charge in [-0.1, -0.05) is 6.07 Å². The molecular formula is C23H22N6O3S. The average molecular weight is 463 g/mol. The third-order valence-corrected chi connectivity index (χ3v) is 6.10. The summed E-state index contributed by atoms with van der Waals surface area (Å²) in [5, 5.41) is 14.3. The Morgan fingerprint density at radius 3 is 2.67 bits per heavy atom. The first-order chi connectivity index (χ1) is 16.0. The molecule has 2 N–H and O–H groups in total. The molecule has 0 aliphatic carbocycles. The van der Waals surface area contributed by atoms with Gasteiger partial charge in [0.05, 0.1) is 11.4 Å². The first-order valence-electron chi connectivity index (χ1n) is 10.3. The molecule has 0 radical (unpaired) electrons. The second-order valence-corrected chi connectivity index (χ2v) is 8.37. The highest BCUT2D eigenvalue weighted by Crippen LogP contribution is 2.25. The van der Waals surface area contributed by atoms with Gasteiger partial charge >= 0.3 is 12.0 Å². The number of rotatable bonds is 6. The van der Waals surface area contributed by atoms with E-state index in [2.05, 4.69) is 26.1 Å². The molecule has 4 heterocycles. The number of terminal acetylenes is 1. The zero-order valence-corrected chi connectivity index (χ0v) is 18.7. The van der Waals surface area contributed by atoms with Crippen LogP contribution in [0.5, 0.6) is 0 Å². The second-order valence-electron chi connectivity index (χ2n) is 7.51. The van der Waals surface area contributed by atoms with E-state index in [1.165, 1.54) is 18.4 Å². The SMILES string of the molecule is C#Cc1nc(NC(=O)N(C)C(C(=O)O)c2ccc(-c3cccc(N4CCCC4)n3)cn2)cs1. The number of carboxylic acids is 1. The van der Waals surface area contributed by atoms with Crippen LogP contribution in [0.2, 0.25) is 0 Å². The van der Waals surface area contributed by atoms with Crippen LogP contribution in [0.4, 0.5) is 16.4 Å². The Labute approximate surface area is 195 Å². The summed E-state index contributed by atoms with van der Waals surface area (Å²) in [6, 6.07) is 7.27. The van der Waals surface area contributed by atoms with Crippen molar-refractivity contribution >= 4 is 35.0 Å². The Morgan fingerprint density at radius 2 is 2.03 bits per heavy atom. The molecule has 0 bridgehead atoms. The lowest BCUT2D eigenvalue weighted by atomic mass is 10.1. The molecule has 0 aromatic carbocycles. The Balaban J connectivity index is 1.51. The maximum atomic E-state index is 12.6. The third kappa shape index (κ3) is 4.94. The molecule has 1 saturated heterocycles. The van der Waals surface area contributed by atoms with Gasteiger partial charge in [-0.2, -0.15) is 0 Å². The highest BCUT2D eigenvalue weighted by atomic mass is 32.1. The van der Waals surface area contributed by atoms with Gasteiger partial charge in [-0.25, -0.2) is 19.6 Å². The van der Waals surface area contributed by atoms with E-state index in [0.29, 0.717) is 5.01 Å². The van der Waals surface area contributed by atoms with Gasteiger partial charge in [-0.05, 0) is 43.0 Å². The molecule has 1 unspecified atom stereocenters. The number of thiazole rings is 1. The van der Waals surface area contributed by atoms with Crippen LogP contribution < -0.4 is 10.2 Å². The predicted molar refractivity (Wildman–Crippen MR) is 126 cm³/mol. The van der Waals surface area contributed by atoms with Gasteiger partial charge in [0, 0.05) is 37.3 Å². The number of carbonyl (C=O) groups excluding carboxylic acids is 1. The van der Waals surface area contributed by atoms with E-state index in [1.54, 1.807) is 23.7 Å². The lowest BCUT2D eigenvalue weighted by Crippen LogP contribution is -2.39. The summed E-state index contributed by atoms with van der Waals surface area (Å²) in [4.78, 5) is 41.0.